The summed E-state index contributed by atoms with van der Waals surface area (Å²) in [6.45, 7) is 4.62. The molecule has 4 nitrogen and oxygen atoms in total. The Labute approximate surface area is 145 Å². The minimum atomic E-state index is 0.798. The van der Waals surface area contributed by atoms with Crippen LogP contribution in [-0.2, 0) is 20.0 Å². The van der Waals surface area contributed by atoms with Crippen LogP contribution in [0.4, 0.5) is 0 Å². The van der Waals surface area contributed by atoms with Crippen molar-refractivity contribution in [3.8, 4) is 0 Å². The van der Waals surface area contributed by atoms with Crippen LogP contribution in [0.3, 0.4) is 0 Å². The Balaban J connectivity index is 1.95. The molecular formula is C16H23BrN4S. The molecule has 2 aromatic rings. The van der Waals surface area contributed by atoms with Gasteiger partial charge in [-0.3, -0.25) is 4.99 Å². The van der Waals surface area contributed by atoms with Gasteiger partial charge in [-0.25, -0.2) is 0 Å². The molecule has 120 valence electrons. The number of hydrogen-bond donors (Lipinski definition) is 1. The number of hydrogen-bond acceptors (Lipinski definition) is 2. The SMILES string of the molecule is CCNC(=NCCc1ccc(Br)s1)N(C)Cc1cccn1C. The van der Waals surface area contributed by atoms with Crippen molar-refractivity contribution in [1.29, 1.82) is 0 Å². The van der Waals surface area contributed by atoms with E-state index in [1.807, 2.05) is 0 Å². The largest absolute Gasteiger partial charge is 0.357 e. The maximum Gasteiger partial charge on any atom is 0.194 e. The highest BCUT2D eigenvalue weighted by Crippen LogP contribution is 2.22. The van der Waals surface area contributed by atoms with Crippen molar-refractivity contribution in [2.24, 2.45) is 12.0 Å². The molecule has 2 heterocycles. The number of nitrogens with zero attached hydrogens (tertiary/aromatic N) is 3. The van der Waals surface area contributed by atoms with Crippen molar-refractivity contribution in [3.63, 3.8) is 0 Å². The molecule has 1 N–H and O–H groups in total. The fourth-order valence-corrected chi connectivity index (χ4v) is 3.68. The quantitative estimate of drug-likeness (QED) is 0.612. The van der Waals surface area contributed by atoms with Gasteiger partial charge < -0.3 is 14.8 Å². The van der Waals surface area contributed by atoms with E-state index in [4.69, 9.17) is 4.99 Å². The maximum atomic E-state index is 4.74. The van der Waals surface area contributed by atoms with E-state index >= 15 is 0 Å². The molecule has 0 spiro atoms. The standard InChI is InChI=1S/C16H23BrN4S/c1-4-18-16(19-10-9-14-7-8-15(17)22-14)21(3)12-13-6-5-11-20(13)2/h5-8,11H,4,9-10,12H2,1-3H3,(H,18,19). The van der Waals surface area contributed by atoms with Gasteiger partial charge in [-0.05, 0) is 47.1 Å². The minimum absolute atomic E-state index is 0.798. The van der Waals surface area contributed by atoms with E-state index in [1.165, 1.54) is 14.4 Å². The number of aromatic nitrogens is 1. The van der Waals surface area contributed by atoms with Gasteiger partial charge in [0.15, 0.2) is 5.96 Å². The summed E-state index contributed by atoms with van der Waals surface area (Å²) >= 11 is 5.28. The van der Waals surface area contributed by atoms with Crippen LogP contribution < -0.4 is 5.32 Å². The number of aliphatic imine (C=N–C) groups is 1. The van der Waals surface area contributed by atoms with E-state index in [-0.39, 0.29) is 0 Å². The highest BCUT2D eigenvalue weighted by molar-refractivity contribution is 9.11. The van der Waals surface area contributed by atoms with Crippen LogP contribution in [0, 0.1) is 0 Å². The topological polar surface area (TPSA) is 32.6 Å². The van der Waals surface area contributed by atoms with E-state index < -0.39 is 0 Å². The Morgan fingerprint density at radius 2 is 2.23 bits per heavy atom. The van der Waals surface area contributed by atoms with Gasteiger partial charge in [0.25, 0.3) is 0 Å². The highest BCUT2D eigenvalue weighted by Gasteiger charge is 2.08. The number of aryl methyl sites for hydroxylation is 1. The number of rotatable bonds is 6. The Hall–Kier alpha value is -1.27. The Morgan fingerprint density at radius 1 is 1.41 bits per heavy atom. The van der Waals surface area contributed by atoms with E-state index in [0.717, 1.165) is 32.0 Å². The zero-order valence-electron chi connectivity index (χ0n) is 13.3. The zero-order chi connectivity index (χ0) is 15.9. The Morgan fingerprint density at radius 3 is 2.82 bits per heavy atom. The first-order valence-electron chi connectivity index (χ1n) is 7.44. The summed E-state index contributed by atoms with van der Waals surface area (Å²) in [7, 11) is 4.15. The third-order valence-corrected chi connectivity index (χ3v) is 5.08. The Kier molecular flexibility index (Phi) is 6.51. The Bertz CT molecular complexity index is 617. The van der Waals surface area contributed by atoms with Crippen molar-refractivity contribution in [2.45, 2.75) is 19.9 Å². The van der Waals surface area contributed by atoms with E-state index in [9.17, 15) is 0 Å². The fraction of sp³-hybridized carbons (Fsp3) is 0.438. The summed E-state index contributed by atoms with van der Waals surface area (Å²) in [5, 5.41) is 3.37. The van der Waals surface area contributed by atoms with Gasteiger partial charge in [-0.15, -0.1) is 11.3 Å². The molecule has 0 saturated heterocycles. The lowest BCUT2D eigenvalue weighted by Crippen LogP contribution is -2.39. The van der Waals surface area contributed by atoms with Gasteiger partial charge in [-0.2, -0.15) is 0 Å². The second kappa shape index (κ2) is 8.39. The van der Waals surface area contributed by atoms with E-state index in [2.05, 4.69) is 82.2 Å². The average molecular weight is 383 g/mol. The van der Waals surface area contributed by atoms with Crippen molar-refractivity contribution < 1.29 is 0 Å². The van der Waals surface area contributed by atoms with Gasteiger partial charge in [0.1, 0.15) is 0 Å². The molecule has 6 heteroatoms. The van der Waals surface area contributed by atoms with Crippen molar-refractivity contribution in [3.05, 3.63) is 44.8 Å². The molecular weight excluding hydrogens is 360 g/mol. The molecule has 0 amide bonds. The zero-order valence-corrected chi connectivity index (χ0v) is 15.7. The lowest BCUT2D eigenvalue weighted by Gasteiger charge is -2.22. The van der Waals surface area contributed by atoms with Crippen LogP contribution in [0.25, 0.3) is 0 Å². The molecule has 0 atom stereocenters. The molecule has 0 unspecified atom stereocenters. The predicted octanol–water partition coefficient (Wildman–Crippen LogP) is 3.49. The third kappa shape index (κ3) is 4.88. The van der Waals surface area contributed by atoms with Crippen LogP contribution in [0.2, 0.25) is 0 Å². The van der Waals surface area contributed by atoms with Crippen molar-refractivity contribution in [2.75, 3.05) is 20.1 Å². The van der Waals surface area contributed by atoms with Crippen LogP contribution in [0.15, 0.2) is 39.2 Å². The molecule has 0 aliphatic rings. The smallest absolute Gasteiger partial charge is 0.194 e. The number of nitrogens with one attached hydrogen (secondary N) is 1. The lowest BCUT2D eigenvalue weighted by molar-refractivity contribution is 0.462. The summed E-state index contributed by atoms with van der Waals surface area (Å²) in [6.07, 6.45) is 3.05. The number of guanidine groups is 1. The van der Waals surface area contributed by atoms with E-state index in [1.54, 1.807) is 11.3 Å². The van der Waals surface area contributed by atoms with Crippen LogP contribution in [0.5, 0.6) is 0 Å². The molecule has 0 aromatic carbocycles. The molecule has 0 fully saturated rings. The molecule has 22 heavy (non-hydrogen) atoms. The molecule has 0 saturated carbocycles. The minimum Gasteiger partial charge on any atom is -0.357 e. The summed E-state index contributed by atoms with van der Waals surface area (Å²) in [5.74, 6) is 0.958. The van der Waals surface area contributed by atoms with E-state index in [0.29, 0.717) is 0 Å². The number of halogens is 1. The van der Waals surface area contributed by atoms with Gasteiger partial charge in [0.05, 0.1) is 10.3 Å². The maximum absolute atomic E-state index is 4.74. The first-order valence-corrected chi connectivity index (χ1v) is 9.05. The average Bonchev–Trinajstić information content (AvgIpc) is 3.07. The molecule has 2 aromatic heterocycles. The fourth-order valence-electron chi connectivity index (χ4n) is 2.21. The third-order valence-electron chi connectivity index (χ3n) is 3.40. The molecule has 0 aliphatic heterocycles. The molecule has 0 radical (unpaired) electrons. The molecule has 2 rings (SSSR count). The predicted molar refractivity (Wildman–Crippen MR) is 98.6 cm³/mol. The molecule has 0 aliphatic carbocycles. The van der Waals surface area contributed by atoms with Gasteiger partial charge in [-0.1, -0.05) is 0 Å². The summed E-state index contributed by atoms with van der Waals surface area (Å²) in [4.78, 5) is 8.27. The highest BCUT2D eigenvalue weighted by atomic mass is 79.9. The lowest BCUT2D eigenvalue weighted by atomic mass is 10.3. The van der Waals surface area contributed by atoms with Crippen LogP contribution in [-0.4, -0.2) is 35.6 Å². The second-order valence-electron chi connectivity index (χ2n) is 5.16. The van der Waals surface area contributed by atoms with Crippen molar-refractivity contribution in [1.82, 2.24) is 14.8 Å². The van der Waals surface area contributed by atoms with Gasteiger partial charge in [0, 0.05) is 50.4 Å². The first-order chi connectivity index (χ1) is 10.6. The summed E-state index contributed by atoms with van der Waals surface area (Å²) < 4.78 is 3.32. The monoisotopic (exact) mass is 382 g/mol. The van der Waals surface area contributed by atoms with Crippen LogP contribution in [0.1, 0.15) is 17.5 Å². The normalized spacial score (nSPS) is 11.7. The molecule has 0 bridgehead atoms. The van der Waals surface area contributed by atoms with Crippen LogP contribution >= 0.6 is 27.3 Å². The summed E-state index contributed by atoms with van der Waals surface area (Å²) in [6, 6.07) is 8.46. The van der Waals surface area contributed by atoms with Crippen molar-refractivity contribution >= 4 is 33.2 Å². The second-order valence-corrected chi connectivity index (χ2v) is 7.71. The first kappa shape index (κ1) is 17.1. The van der Waals surface area contributed by atoms with Gasteiger partial charge >= 0.3 is 0 Å². The van der Waals surface area contributed by atoms with Gasteiger partial charge in [0.2, 0.25) is 0 Å². The summed E-state index contributed by atoms with van der Waals surface area (Å²) in [5.41, 5.74) is 1.27. The number of thiophene rings is 1.